The van der Waals surface area contributed by atoms with Crippen molar-refractivity contribution in [3.63, 3.8) is 0 Å². The zero-order chi connectivity index (χ0) is 13.8. The number of ketones is 1. The minimum Gasteiger partial charge on any atom is -0.494 e. The zero-order valence-electron chi connectivity index (χ0n) is 11.1. The number of benzene rings is 2. The molecule has 2 aromatic rings. The van der Waals surface area contributed by atoms with Gasteiger partial charge in [0.1, 0.15) is 5.75 Å². The molecule has 0 saturated carbocycles. The van der Waals surface area contributed by atoms with Gasteiger partial charge in [-0.3, -0.25) is 4.79 Å². The van der Waals surface area contributed by atoms with Crippen LogP contribution in [0.15, 0.2) is 42.5 Å². The van der Waals surface area contributed by atoms with E-state index in [9.17, 15) is 4.79 Å². The van der Waals surface area contributed by atoms with E-state index in [4.69, 9.17) is 10.5 Å². The summed E-state index contributed by atoms with van der Waals surface area (Å²) >= 11 is 0. The SMILES string of the molecule is CCOc1ccc(C(=O)c2cccc(N)c2)c(C)c1. The number of anilines is 1. The lowest BCUT2D eigenvalue weighted by molar-refractivity contribution is 0.103. The van der Waals surface area contributed by atoms with Crippen LogP contribution < -0.4 is 10.5 Å². The van der Waals surface area contributed by atoms with E-state index in [1.54, 1.807) is 30.3 Å². The van der Waals surface area contributed by atoms with Crippen LogP contribution in [-0.4, -0.2) is 12.4 Å². The lowest BCUT2D eigenvalue weighted by atomic mass is 9.98. The Morgan fingerprint density at radius 2 is 2.00 bits per heavy atom. The molecule has 0 aliphatic carbocycles. The van der Waals surface area contributed by atoms with Crippen LogP contribution >= 0.6 is 0 Å². The van der Waals surface area contributed by atoms with E-state index in [1.165, 1.54) is 0 Å². The fourth-order valence-corrected chi connectivity index (χ4v) is 1.98. The van der Waals surface area contributed by atoms with Gasteiger partial charge in [-0.1, -0.05) is 12.1 Å². The predicted octanol–water partition coefficient (Wildman–Crippen LogP) is 3.21. The highest BCUT2D eigenvalue weighted by molar-refractivity contribution is 6.10. The number of nitrogen functional groups attached to an aromatic ring is 1. The first-order valence-corrected chi connectivity index (χ1v) is 6.25. The average molecular weight is 255 g/mol. The number of carbonyl (C=O) groups is 1. The normalized spacial score (nSPS) is 10.2. The van der Waals surface area contributed by atoms with Gasteiger partial charge in [0, 0.05) is 16.8 Å². The van der Waals surface area contributed by atoms with Gasteiger partial charge >= 0.3 is 0 Å². The molecule has 2 rings (SSSR count). The van der Waals surface area contributed by atoms with Crippen LogP contribution in [0.3, 0.4) is 0 Å². The van der Waals surface area contributed by atoms with Crippen molar-refractivity contribution in [3.05, 3.63) is 59.2 Å². The number of rotatable bonds is 4. The standard InChI is InChI=1S/C16H17NO2/c1-3-19-14-7-8-15(11(2)9-14)16(18)12-5-4-6-13(17)10-12/h4-10H,3,17H2,1-2H3. The molecule has 0 aliphatic rings. The van der Waals surface area contributed by atoms with Crippen LogP contribution in [0.2, 0.25) is 0 Å². The molecular formula is C16H17NO2. The van der Waals surface area contributed by atoms with Gasteiger partial charge in [0.15, 0.2) is 5.78 Å². The zero-order valence-corrected chi connectivity index (χ0v) is 11.1. The molecule has 0 amide bonds. The summed E-state index contributed by atoms with van der Waals surface area (Å²) in [6, 6.07) is 12.5. The second-order valence-electron chi connectivity index (χ2n) is 4.36. The highest BCUT2D eigenvalue weighted by Crippen LogP contribution is 2.20. The summed E-state index contributed by atoms with van der Waals surface area (Å²) in [5.41, 5.74) is 8.48. The lowest BCUT2D eigenvalue weighted by Crippen LogP contribution is -2.05. The van der Waals surface area contributed by atoms with Crippen LogP contribution in [0.5, 0.6) is 5.75 Å². The first kappa shape index (κ1) is 13.1. The molecule has 0 unspecified atom stereocenters. The Kier molecular flexibility index (Phi) is 3.85. The Hall–Kier alpha value is -2.29. The molecule has 98 valence electrons. The van der Waals surface area contributed by atoms with Crippen molar-refractivity contribution in [2.45, 2.75) is 13.8 Å². The molecule has 0 aromatic heterocycles. The van der Waals surface area contributed by atoms with E-state index in [1.807, 2.05) is 26.0 Å². The quantitative estimate of drug-likeness (QED) is 0.674. The van der Waals surface area contributed by atoms with Gasteiger partial charge in [-0.05, 0) is 49.7 Å². The third kappa shape index (κ3) is 2.94. The van der Waals surface area contributed by atoms with E-state index in [-0.39, 0.29) is 5.78 Å². The molecule has 0 saturated heterocycles. The number of nitrogens with two attached hydrogens (primary N) is 1. The summed E-state index contributed by atoms with van der Waals surface area (Å²) in [6.07, 6.45) is 0. The topological polar surface area (TPSA) is 52.3 Å². The molecule has 0 spiro atoms. The Balaban J connectivity index is 2.34. The number of ether oxygens (including phenoxy) is 1. The third-order valence-electron chi connectivity index (χ3n) is 2.90. The fourth-order valence-electron chi connectivity index (χ4n) is 1.98. The maximum atomic E-state index is 12.4. The molecule has 2 aromatic carbocycles. The van der Waals surface area contributed by atoms with Gasteiger partial charge in [-0.2, -0.15) is 0 Å². The van der Waals surface area contributed by atoms with Crippen LogP contribution in [0, 0.1) is 6.92 Å². The average Bonchev–Trinajstić information content (AvgIpc) is 2.38. The van der Waals surface area contributed by atoms with Crippen molar-refractivity contribution in [2.24, 2.45) is 0 Å². The number of aryl methyl sites for hydroxylation is 1. The van der Waals surface area contributed by atoms with Crippen LogP contribution in [0.1, 0.15) is 28.4 Å². The molecule has 2 N–H and O–H groups in total. The van der Waals surface area contributed by atoms with Crippen molar-refractivity contribution in [3.8, 4) is 5.75 Å². The Morgan fingerprint density at radius 3 is 2.63 bits per heavy atom. The predicted molar refractivity (Wildman–Crippen MR) is 76.6 cm³/mol. The largest absolute Gasteiger partial charge is 0.494 e. The Bertz CT molecular complexity index is 605. The summed E-state index contributed by atoms with van der Waals surface area (Å²) in [4.78, 5) is 12.4. The van der Waals surface area contributed by atoms with Crippen molar-refractivity contribution in [2.75, 3.05) is 12.3 Å². The molecule has 0 radical (unpaired) electrons. The first-order valence-electron chi connectivity index (χ1n) is 6.25. The van der Waals surface area contributed by atoms with E-state index >= 15 is 0 Å². The van der Waals surface area contributed by atoms with E-state index in [0.29, 0.717) is 23.4 Å². The van der Waals surface area contributed by atoms with Crippen molar-refractivity contribution in [1.82, 2.24) is 0 Å². The minimum absolute atomic E-state index is 0.0205. The monoisotopic (exact) mass is 255 g/mol. The molecule has 0 aliphatic heterocycles. The van der Waals surface area contributed by atoms with E-state index in [0.717, 1.165) is 11.3 Å². The first-order chi connectivity index (χ1) is 9.11. The van der Waals surface area contributed by atoms with Gasteiger partial charge in [-0.15, -0.1) is 0 Å². The summed E-state index contributed by atoms with van der Waals surface area (Å²) in [5.74, 6) is 0.761. The number of carbonyl (C=O) groups excluding carboxylic acids is 1. The summed E-state index contributed by atoms with van der Waals surface area (Å²) in [7, 11) is 0. The van der Waals surface area contributed by atoms with Gasteiger partial charge in [0.05, 0.1) is 6.61 Å². The van der Waals surface area contributed by atoms with Crippen molar-refractivity contribution in [1.29, 1.82) is 0 Å². The Labute approximate surface area is 113 Å². The van der Waals surface area contributed by atoms with Gasteiger partial charge in [0.2, 0.25) is 0 Å². The number of hydrogen-bond acceptors (Lipinski definition) is 3. The highest BCUT2D eigenvalue weighted by atomic mass is 16.5. The summed E-state index contributed by atoms with van der Waals surface area (Å²) in [5, 5.41) is 0. The molecule has 19 heavy (non-hydrogen) atoms. The Morgan fingerprint density at radius 1 is 1.21 bits per heavy atom. The summed E-state index contributed by atoms with van der Waals surface area (Å²) in [6.45, 7) is 4.45. The fraction of sp³-hybridized carbons (Fsp3) is 0.188. The molecule has 0 atom stereocenters. The van der Waals surface area contributed by atoms with Gasteiger partial charge in [-0.25, -0.2) is 0 Å². The minimum atomic E-state index is -0.0205. The third-order valence-corrected chi connectivity index (χ3v) is 2.90. The van der Waals surface area contributed by atoms with Crippen molar-refractivity contribution >= 4 is 11.5 Å². The smallest absolute Gasteiger partial charge is 0.193 e. The molecule has 3 heteroatoms. The van der Waals surface area contributed by atoms with Crippen LogP contribution in [0.4, 0.5) is 5.69 Å². The van der Waals surface area contributed by atoms with Crippen LogP contribution in [-0.2, 0) is 0 Å². The molecular weight excluding hydrogens is 238 g/mol. The molecule has 3 nitrogen and oxygen atoms in total. The maximum absolute atomic E-state index is 12.4. The van der Waals surface area contributed by atoms with Crippen molar-refractivity contribution < 1.29 is 9.53 Å². The molecule has 0 bridgehead atoms. The second kappa shape index (κ2) is 5.57. The van der Waals surface area contributed by atoms with Gasteiger partial charge < -0.3 is 10.5 Å². The maximum Gasteiger partial charge on any atom is 0.193 e. The highest BCUT2D eigenvalue weighted by Gasteiger charge is 2.12. The van der Waals surface area contributed by atoms with E-state index < -0.39 is 0 Å². The van der Waals surface area contributed by atoms with E-state index in [2.05, 4.69) is 0 Å². The van der Waals surface area contributed by atoms with Crippen LogP contribution in [0.25, 0.3) is 0 Å². The second-order valence-corrected chi connectivity index (χ2v) is 4.36. The molecule has 0 heterocycles. The lowest BCUT2D eigenvalue weighted by Gasteiger charge is -2.09. The van der Waals surface area contributed by atoms with Gasteiger partial charge in [0.25, 0.3) is 0 Å². The summed E-state index contributed by atoms with van der Waals surface area (Å²) < 4.78 is 5.41. The number of hydrogen-bond donors (Lipinski definition) is 1. The molecule has 0 fully saturated rings.